The van der Waals surface area contributed by atoms with Crippen LogP contribution in [0.2, 0.25) is 5.02 Å². The number of aromatic nitrogens is 1. The molecule has 0 aliphatic carbocycles. The molecule has 19 heavy (non-hydrogen) atoms. The van der Waals surface area contributed by atoms with Crippen molar-refractivity contribution in [3.05, 3.63) is 64.4 Å². The van der Waals surface area contributed by atoms with Crippen molar-refractivity contribution in [2.75, 3.05) is 0 Å². The van der Waals surface area contributed by atoms with E-state index in [9.17, 15) is 13.6 Å². The van der Waals surface area contributed by atoms with Gasteiger partial charge >= 0.3 is 0 Å². The van der Waals surface area contributed by atoms with Gasteiger partial charge in [-0.1, -0.05) is 17.7 Å². The van der Waals surface area contributed by atoms with E-state index in [1.165, 1.54) is 30.5 Å². The quantitative estimate of drug-likeness (QED) is 0.940. The molecule has 0 bridgehead atoms. The van der Waals surface area contributed by atoms with Crippen LogP contribution in [0.25, 0.3) is 0 Å². The van der Waals surface area contributed by atoms with E-state index in [2.05, 4.69) is 10.3 Å². The van der Waals surface area contributed by atoms with Gasteiger partial charge in [0, 0.05) is 12.7 Å². The molecule has 1 amide bonds. The van der Waals surface area contributed by atoms with Gasteiger partial charge in [0.25, 0.3) is 5.91 Å². The van der Waals surface area contributed by atoms with Crippen molar-refractivity contribution >= 4 is 17.5 Å². The molecule has 0 saturated carbocycles. The molecule has 2 aromatic rings. The molecule has 0 aliphatic rings. The summed E-state index contributed by atoms with van der Waals surface area (Å²) in [5.74, 6) is -1.80. The molecule has 0 unspecified atom stereocenters. The summed E-state index contributed by atoms with van der Waals surface area (Å²) in [6.07, 6.45) is 2.29. The summed E-state index contributed by atoms with van der Waals surface area (Å²) in [5.41, 5.74) is 0.525. The number of amides is 1. The van der Waals surface area contributed by atoms with E-state index in [4.69, 9.17) is 11.6 Å². The van der Waals surface area contributed by atoms with E-state index in [1.54, 1.807) is 0 Å². The maximum absolute atomic E-state index is 13.3. The first kappa shape index (κ1) is 13.4. The number of pyridine rings is 1. The van der Waals surface area contributed by atoms with Crippen LogP contribution >= 0.6 is 11.6 Å². The van der Waals surface area contributed by atoms with E-state index >= 15 is 0 Å². The second-order valence-electron chi connectivity index (χ2n) is 3.79. The van der Waals surface area contributed by atoms with Crippen molar-refractivity contribution in [2.24, 2.45) is 0 Å². The minimum atomic E-state index is -0.697. The topological polar surface area (TPSA) is 42.0 Å². The number of nitrogens with one attached hydrogen (secondary N) is 1. The number of carbonyl (C=O) groups is 1. The predicted octanol–water partition coefficient (Wildman–Crippen LogP) is 2.94. The maximum Gasteiger partial charge on any atom is 0.254 e. The van der Waals surface area contributed by atoms with Gasteiger partial charge in [-0.25, -0.2) is 8.78 Å². The first-order chi connectivity index (χ1) is 9.08. The van der Waals surface area contributed by atoms with Crippen LogP contribution < -0.4 is 5.32 Å². The molecule has 1 aromatic heterocycles. The highest BCUT2D eigenvalue weighted by Gasteiger charge is 2.11. The number of nitrogens with zero attached hydrogens (tertiary/aromatic N) is 1. The highest BCUT2D eigenvalue weighted by atomic mass is 35.5. The lowest BCUT2D eigenvalue weighted by Crippen LogP contribution is -2.23. The molecular formula is C13H9ClF2N2O. The lowest BCUT2D eigenvalue weighted by atomic mass is 10.2. The lowest BCUT2D eigenvalue weighted by molar-refractivity contribution is 0.0946. The summed E-state index contributed by atoms with van der Waals surface area (Å²) >= 11 is 5.62. The number of hydrogen-bond donors (Lipinski definition) is 1. The van der Waals surface area contributed by atoms with Crippen LogP contribution in [0.4, 0.5) is 8.78 Å². The third kappa shape index (κ3) is 3.26. The molecular weight excluding hydrogens is 274 g/mol. The van der Waals surface area contributed by atoms with Crippen molar-refractivity contribution in [1.29, 1.82) is 0 Å². The van der Waals surface area contributed by atoms with Crippen molar-refractivity contribution in [3.8, 4) is 0 Å². The fraction of sp³-hybridized carbons (Fsp3) is 0.0769. The highest BCUT2D eigenvalue weighted by molar-refractivity contribution is 6.30. The van der Waals surface area contributed by atoms with Crippen molar-refractivity contribution < 1.29 is 13.6 Å². The minimum absolute atomic E-state index is 0.0261. The summed E-state index contributed by atoms with van der Waals surface area (Å²) in [4.78, 5) is 15.3. The Hall–Kier alpha value is -2.01. The average molecular weight is 283 g/mol. The Kier molecular flexibility index (Phi) is 4.06. The van der Waals surface area contributed by atoms with Crippen LogP contribution in [0.5, 0.6) is 0 Å². The van der Waals surface area contributed by atoms with Gasteiger partial charge in [-0.2, -0.15) is 0 Å². The third-order valence-corrected chi connectivity index (χ3v) is 2.74. The number of hydrogen-bond acceptors (Lipinski definition) is 2. The smallest absolute Gasteiger partial charge is 0.254 e. The third-order valence-electron chi connectivity index (χ3n) is 2.45. The standard InChI is InChI=1S/C13H9ClF2N2O/c14-10-5-8(1-2-11(10)15)6-18-13(19)9-3-4-17-7-12(9)16/h1-5,7H,6H2,(H,18,19). The Bertz CT molecular complexity index is 619. The molecule has 6 heteroatoms. The first-order valence-electron chi connectivity index (χ1n) is 5.39. The highest BCUT2D eigenvalue weighted by Crippen LogP contribution is 2.16. The second-order valence-corrected chi connectivity index (χ2v) is 4.19. The zero-order valence-electron chi connectivity index (χ0n) is 9.66. The van der Waals surface area contributed by atoms with Crippen LogP contribution in [0.15, 0.2) is 36.7 Å². The summed E-state index contributed by atoms with van der Waals surface area (Å²) < 4.78 is 26.2. The Morgan fingerprint density at radius 3 is 2.74 bits per heavy atom. The van der Waals surface area contributed by atoms with Gasteiger partial charge in [0.15, 0.2) is 5.82 Å². The van der Waals surface area contributed by atoms with E-state index in [-0.39, 0.29) is 17.1 Å². The predicted molar refractivity (Wildman–Crippen MR) is 66.8 cm³/mol. The Morgan fingerprint density at radius 2 is 2.05 bits per heavy atom. The Labute approximate surface area is 113 Å². The molecule has 0 fully saturated rings. The van der Waals surface area contributed by atoms with E-state index in [0.717, 1.165) is 6.20 Å². The summed E-state index contributed by atoms with van der Waals surface area (Å²) in [5, 5.41) is 2.49. The molecule has 0 saturated heterocycles. The molecule has 0 aliphatic heterocycles. The monoisotopic (exact) mass is 282 g/mol. The Balaban J connectivity index is 2.04. The first-order valence-corrected chi connectivity index (χ1v) is 5.77. The van der Waals surface area contributed by atoms with Crippen LogP contribution in [-0.2, 0) is 6.54 Å². The van der Waals surface area contributed by atoms with Crippen molar-refractivity contribution in [3.63, 3.8) is 0 Å². The molecule has 0 radical (unpaired) electrons. The van der Waals surface area contributed by atoms with Crippen LogP contribution in [-0.4, -0.2) is 10.9 Å². The maximum atomic E-state index is 13.3. The van der Waals surface area contributed by atoms with Crippen molar-refractivity contribution in [1.82, 2.24) is 10.3 Å². The Morgan fingerprint density at radius 1 is 1.26 bits per heavy atom. The lowest BCUT2D eigenvalue weighted by Gasteiger charge is -2.06. The molecule has 1 N–H and O–H groups in total. The van der Waals surface area contributed by atoms with E-state index < -0.39 is 17.5 Å². The van der Waals surface area contributed by atoms with Gasteiger partial charge in [-0.3, -0.25) is 9.78 Å². The van der Waals surface area contributed by atoms with Gasteiger partial charge in [-0.05, 0) is 23.8 Å². The van der Waals surface area contributed by atoms with Crippen LogP contribution in [0.3, 0.4) is 0 Å². The summed E-state index contributed by atoms with van der Waals surface area (Å²) in [6, 6.07) is 5.38. The SMILES string of the molecule is O=C(NCc1ccc(F)c(Cl)c1)c1ccncc1F. The fourth-order valence-corrected chi connectivity index (χ4v) is 1.69. The van der Waals surface area contributed by atoms with Crippen LogP contribution in [0.1, 0.15) is 15.9 Å². The second kappa shape index (κ2) is 5.75. The molecule has 1 heterocycles. The van der Waals surface area contributed by atoms with Gasteiger partial charge in [0.05, 0.1) is 16.8 Å². The van der Waals surface area contributed by atoms with Gasteiger partial charge < -0.3 is 5.32 Å². The van der Waals surface area contributed by atoms with Gasteiger partial charge in [-0.15, -0.1) is 0 Å². The molecule has 2 rings (SSSR count). The fourth-order valence-electron chi connectivity index (χ4n) is 1.49. The zero-order chi connectivity index (χ0) is 13.8. The number of rotatable bonds is 3. The largest absolute Gasteiger partial charge is 0.348 e. The van der Waals surface area contributed by atoms with Crippen LogP contribution in [0, 0.1) is 11.6 Å². The summed E-state index contributed by atoms with van der Waals surface area (Å²) in [7, 11) is 0. The normalized spacial score (nSPS) is 10.3. The van der Waals surface area contributed by atoms with Gasteiger partial charge in [0.2, 0.25) is 0 Å². The number of carbonyl (C=O) groups excluding carboxylic acids is 1. The van der Waals surface area contributed by atoms with E-state index in [0.29, 0.717) is 5.56 Å². The molecule has 98 valence electrons. The minimum Gasteiger partial charge on any atom is -0.348 e. The molecule has 3 nitrogen and oxygen atoms in total. The van der Waals surface area contributed by atoms with Crippen molar-refractivity contribution in [2.45, 2.75) is 6.54 Å². The number of benzene rings is 1. The molecule has 0 spiro atoms. The van der Waals surface area contributed by atoms with E-state index in [1.807, 2.05) is 0 Å². The molecule has 1 aromatic carbocycles. The molecule has 0 atom stereocenters. The summed E-state index contributed by atoms with van der Waals surface area (Å²) in [6.45, 7) is 0.126. The van der Waals surface area contributed by atoms with Gasteiger partial charge in [0.1, 0.15) is 5.82 Å². The average Bonchev–Trinajstić information content (AvgIpc) is 2.40. The zero-order valence-corrected chi connectivity index (χ0v) is 10.4. The number of halogens is 3.